The number of carboxylic acid groups (broad SMARTS) is 1. The van der Waals surface area contributed by atoms with E-state index in [0.29, 0.717) is 11.4 Å². The van der Waals surface area contributed by atoms with E-state index < -0.39 is 17.1 Å². The minimum atomic E-state index is -1.33. The molecule has 2 aromatic rings. The molecule has 6 heteroatoms. The summed E-state index contributed by atoms with van der Waals surface area (Å²) in [6.45, 7) is 1.70. The van der Waals surface area contributed by atoms with E-state index in [2.05, 4.69) is 21.0 Å². The standard InChI is InChI=1S/C12H9BrN2O3/c1-7-5-10(16)11(12(17)18)14-15(7)9-4-2-3-8(13)6-9/h2-6H,1H3,(H,17,18). The molecule has 0 aliphatic heterocycles. The number of aromatic carboxylic acids is 1. The van der Waals surface area contributed by atoms with Crippen molar-refractivity contribution in [3.8, 4) is 5.69 Å². The maximum atomic E-state index is 11.5. The highest BCUT2D eigenvalue weighted by molar-refractivity contribution is 9.10. The third-order valence-electron chi connectivity index (χ3n) is 2.36. The van der Waals surface area contributed by atoms with Gasteiger partial charge in [0.05, 0.1) is 5.69 Å². The van der Waals surface area contributed by atoms with E-state index in [1.54, 1.807) is 25.1 Å². The van der Waals surface area contributed by atoms with Crippen molar-refractivity contribution in [3.05, 3.63) is 56.4 Å². The summed E-state index contributed by atoms with van der Waals surface area (Å²) in [6, 6.07) is 8.48. The summed E-state index contributed by atoms with van der Waals surface area (Å²) in [5.74, 6) is -1.33. The van der Waals surface area contributed by atoms with Gasteiger partial charge in [0.25, 0.3) is 0 Å². The van der Waals surface area contributed by atoms with Crippen LogP contribution in [0, 0.1) is 6.92 Å². The van der Waals surface area contributed by atoms with Gasteiger partial charge in [0.15, 0.2) is 0 Å². The quantitative estimate of drug-likeness (QED) is 0.921. The fraction of sp³-hybridized carbons (Fsp3) is 0.0833. The number of halogens is 1. The molecule has 0 radical (unpaired) electrons. The van der Waals surface area contributed by atoms with Crippen molar-refractivity contribution >= 4 is 21.9 Å². The van der Waals surface area contributed by atoms with E-state index in [1.807, 2.05) is 6.07 Å². The predicted molar refractivity (Wildman–Crippen MR) is 69.2 cm³/mol. The molecule has 0 atom stereocenters. The van der Waals surface area contributed by atoms with Crippen molar-refractivity contribution in [2.75, 3.05) is 0 Å². The molecule has 1 N–H and O–H groups in total. The second-order valence-corrected chi connectivity index (χ2v) is 4.61. The van der Waals surface area contributed by atoms with Gasteiger partial charge in [0.2, 0.25) is 11.1 Å². The van der Waals surface area contributed by atoms with E-state index in [4.69, 9.17) is 5.11 Å². The highest BCUT2D eigenvalue weighted by atomic mass is 79.9. The largest absolute Gasteiger partial charge is 0.476 e. The Kier molecular flexibility index (Phi) is 3.29. The molecule has 1 aromatic heterocycles. The van der Waals surface area contributed by atoms with Crippen molar-refractivity contribution in [1.82, 2.24) is 9.78 Å². The summed E-state index contributed by atoms with van der Waals surface area (Å²) in [5.41, 5.74) is 0.180. The Balaban J connectivity index is 2.68. The van der Waals surface area contributed by atoms with Gasteiger partial charge in [0, 0.05) is 16.2 Å². The summed E-state index contributed by atoms with van der Waals surface area (Å²) in [4.78, 5) is 22.4. The Hall–Kier alpha value is -1.95. The lowest BCUT2D eigenvalue weighted by Gasteiger charge is -2.10. The molecule has 0 amide bonds. The molecule has 0 saturated carbocycles. The van der Waals surface area contributed by atoms with Crippen molar-refractivity contribution in [3.63, 3.8) is 0 Å². The van der Waals surface area contributed by atoms with E-state index >= 15 is 0 Å². The molecule has 92 valence electrons. The fourth-order valence-corrected chi connectivity index (χ4v) is 1.95. The average Bonchev–Trinajstić information content (AvgIpc) is 2.28. The number of hydrogen-bond donors (Lipinski definition) is 1. The van der Waals surface area contributed by atoms with Crippen molar-refractivity contribution in [2.45, 2.75) is 6.92 Å². The van der Waals surface area contributed by atoms with Gasteiger partial charge in [0.1, 0.15) is 0 Å². The lowest BCUT2D eigenvalue weighted by atomic mass is 10.3. The molecular weight excluding hydrogens is 300 g/mol. The highest BCUT2D eigenvalue weighted by Gasteiger charge is 2.13. The second-order valence-electron chi connectivity index (χ2n) is 3.70. The zero-order valence-electron chi connectivity index (χ0n) is 9.42. The molecule has 0 spiro atoms. The van der Waals surface area contributed by atoms with Gasteiger partial charge in [-0.2, -0.15) is 5.10 Å². The Bertz CT molecular complexity index is 679. The van der Waals surface area contributed by atoms with Crippen LogP contribution in [0.15, 0.2) is 39.6 Å². The number of rotatable bonds is 2. The molecule has 1 heterocycles. The SMILES string of the molecule is Cc1cc(=O)c(C(=O)O)nn1-c1cccc(Br)c1. The number of benzene rings is 1. The van der Waals surface area contributed by atoms with Crippen LogP contribution in [0.4, 0.5) is 0 Å². The Morgan fingerprint density at radius 3 is 2.72 bits per heavy atom. The number of hydrogen-bond acceptors (Lipinski definition) is 3. The van der Waals surface area contributed by atoms with Crippen LogP contribution < -0.4 is 5.43 Å². The van der Waals surface area contributed by atoms with Crippen molar-refractivity contribution < 1.29 is 9.90 Å². The van der Waals surface area contributed by atoms with Gasteiger partial charge in [-0.3, -0.25) is 4.79 Å². The zero-order chi connectivity index (χ0) is 13.3. The van der Waals surface area contributed by atoms with Gasteiger partial charge in [-0.15, -0.1) is 0 Å². The third-order valence-corrected chi connectivity index (χ3v) is 2.86. The highest BCUT2D eigenvalue weighted by Crippen LogP contribution is 2.15. The normalized spacial score (nSPS) is 10.3. The average molecular weight is 309 g/mol. The van der Waals surface area contributed by atoms with E-state index in [-0.39, 0.29) is 0 Å². The number of carboxylic acids is 1. The summed E-state index contributed by atoms with van der Waals surface area (Å²) >= 11 is 3.33. The predicted octanol–water partition coefficient (Wildman–Crippen LogP) is 2.00. The van der Waals surface area contributed by atoms with Crippen LogP contribution in [-0.4, -0.2) is 20.9 Å². The third kappa shape index (κ3) is 2.33. The Labute approximate surface area is 111 Å². The first kappa shape index (κ1) is 12.5. The van der Waals surface area contributed by atoms with E-state index in [9.17, 15) is 9.59 Å². The molecule has 5 nitrogen and oxygen atoms in total. The monoisotopic (exact) mass is 308 g/mol. The first-order chi connectivity index (χ1) is 8.49. The lowest BCUT2D eigenvalue weighted by molar-refractivity contribution is 0.0686. The van der Waals surface area contributed by atoms with E-state index in [0.717, 1.165) is 4.47 Å². The first-order valence-corrected chi connectivity index (χ1v) is 5.88. The molecule has 0 fully saturated rings. The fourth-order valence-electron chi connectivity index (χ4n) is 1.56. The van der Waals surface area contributed by atoms with Crippen LogP contribution in [0.2, 0.25) is 0 Å². The molecule has 0 aliphatic carbocycles. The smallest absolute Gasteiger partial charge is 0.360 e. The Morgan fingerprint density at radius 1 is 1.39 bits per heavy atom. The molecule has 0 saturated heterocycles. The summed E-state index contributed by atoms with van der Waals surface area (Å²) in [7, 11) is 0. The summed E-state index contributed by atoms with van der Waals surface area (Å²) in [5, 5.41) is 12.8. The van der Waals surface area contributed by atoms with Crippen LogP contribution in [0.3, 0.4) is 0 Å². The van der Waals surface area contributed by atoms with Crippen LogP contribution in [0.5, 0.6) is 0 Å². The van der Waals surface area contributed by atoms with Crippen LogP contribution >= 0.6 is 15.9 Å². The molecule has 2 rings (SSSR count). The minimum absolute atomic E-state index is 0.486. The number of aryl methyl sites for hydroxylation is 1. The van der Waals surface area contributed by atoms with Gasteiger partial charge < -0.3 is 5.11 Å². The molecule has 1 aromatic carbocycles. The van der Waals surface area contributed by atoms with Crippen LogP contribution in [0.25, 0.3) is 5.69 Å². The zero-order valence-corrected chi connectivity index (χ0v) is 11.0. The first-order valence-electron chi connectivity index (χ1n) is 5.09. The van der Waals surface area contributed by atoms with Crippen LogP contribution in [0.1, 0.15) is 16.2 Å². The second kappa shape index (κ2) is 4.73. The topological polar surface area (TPSA) is 72.2 Å². The molecule has 0 unspecified atom stereocenters. The van der Waals surface area contributed by atoms with E-state index in [1.165, 1.54) is 10.7 Å². The van der Waals surface area contributed by atoms with Gasteiger partial charge in [-0.05, 0) is 25.1 Å². The number of carbonyl (C=O) groups is 1. The molecule has 0 bridgehead atoms. The van der Waals surface area contributed by atoms with Gasteiger partial charge in [-0.1, -0.05) is 22.0 Å². The molecule has 18 heavy (non-hydrogen) atoms. The maximum absolute atomic E-state index is 11.5. The minimum Gasteiger partial charge on any atom is -0.476 e. The van der Waals surface area contributed by atoms with Crippen molar-refractivity contribution in [1.29, 1.82) is 0 Å². The maximum Gasteiger partial charge on any atom is 0.360 e. The lowest BCUT2D eigenvalue weighted by Crippen LogP contribution is -2.22. The molecular formula is C12H9BrN2O3. The number of aromatic nitrogens is 2. The Morgan fingerprint density at radius 2 is 2.11 bits per heavy atom. The number of nitrogens with zero attached hydrogens (tertiary/aromatic N) is 2. The van der Waals surface area contributed by atoms with Crippen molar-refractivity contribution in [2.24, 2.45) is 0 Å². The van der Waals surface area contributed by atoms with Gasteiger partial charge >= 0.3 is 5.97 Å². The van der Waals surface area contributed by atoms with Crippen LogP contribution in [-0.2, 0) is 0 Å². The summed E-state index contributed by atoms with van der Waals surface area (Å²) < 4.78 is 2.27. The molecule has 0 aliphatic rings. The summed E-state index contributed by atoms with van der Waals surface area (Å²) in [6.07, 6.45) is 0. The van der Waals surface area contributed by atoms with Gasteiger partial charge in [-0.25, -0.2) is 9.48 Å².